The number of para-hydroxylation sites is 1. The van der Waals surface area contributed by atoms with Crippen molar-refractivity contribution in [1.29, 1.82) is 0 Å². The summed E-state index contributed by atoms with van der Waals surface area (Å²) in [6, 6.07) is 8.35. The number of nitrogens with one attached hydrogen (secondary N) is 1. The van der Waals surface area contributed by atoms with Gasteiger partial charge in [-0.3, -0.25) is 0 Å². The van der Waals surface area contributed by atoms with E-state index in [9.17, 15) is 4.39 Å². The monoisotopic (exact) mass is 223 g/mol. The van der Waals surface area contributed by atoms with Gasteiger partial charge in [-0.1, -0.05) is 23.7 Å². The van der Waals surface area contributed by atoms with Crippen LogP contribution >= 0.6 is 11.6 Å². The summed E-state index contributed by atoms with van der Waals surface area (Å²) >= 11 is 5.91. The largest absolute Gasteiger partial charge is 0.339 e. The number of aromatic nitrogens is 2. The van der Waals surface area contributed by atoms with Gasteiger partial charge in [0.1, 0.15) is 12.1 Å². The Morgan fingerprint density at radius 2 is 2.00 bits per heavy atom. The molecule has 0 radical (unpaired) electrons. The quantitative estimate of drug-likeness (QED) is 0.796. The van der Waals surface area contributed by atoms with Crippen molar-refractivity contribution < 1.29 is 4.39 Å². The average molecular weight is 224 g/mol. The molecular formula is C10H7ClFN3. The maximum absolute atomic E-state index is 12.7. The number of halogens is 2. The smallest absolute Gasteiger partial charge is 0.218 e. The Morgan fingerprint density at radius 1 is 1.20 bits per heavy atom. The van der Waals surface area contributed by atoms with Gasteiger partial charge in [0, 0.05) is 6.07 Å². The Balaban J connectivity index is 2.26. The highest BCUT2D eigenvalue weighted by Crippen LogP contribution is 2.23. The first-order valence-corrected chi connectivity index (χ1v) is 4.62. The molecule has 0 unspecified atom stereocenters. The van der Waals surface area contributed by atoms with Crippen molar-refractivity contribution >= 4 is 23.1 Å². The van der Waals surface area contributed by atoms with E-state index in [1.165, 1.54) is 6.07 Å². The van der Waals surface area contributed by atoms with Gasteiger partial charge in [0.2, 0.25) is 5.95 Å². The third kappa shape index (κ3) is 2.41. The predicted molar refractivity (Wildman–Crippen MR) is 56.7 cm³/mol. The Bertz CT molecular complexity index is 476. The lowest BCUT2D eigenvalue weighted by Crippen LogP contribution is -1.95. The zero-order valence-corrected chi connectivity index (χ0v) is 8.37. The summed E-state index contributed by atoms with van der Waals surface area (Å²) in [4.78, 5) is 7.21. The zero-order chi connectivity index (χ0) is 10.7. The number of benzene rings is 1. The molecule has 0 spiro atoms. The second-order valence-corrected chi connectivity index (χ2v) is 3.24. The Morgan fingerprint density at radius 3 is 2.73 bits per heavy atom. The van der Waals surface area contributed by atoms with Gasteiger partial charge in [-0.2, -0.15) is 4.39 Å². The Hall–Kier alpha value is -1.68. The van der Waals surface area contributed by atoms with Crippen LogP contribution in [0.1, 0.15) is 0 Å². The highest BCUT2D eigenvalue weighted by molar-refractivity contribution is 6.33. The Labute approximate surface area is 90.9 Å². The second-order valence-electron chi connectivity index (χ2n) is 2.83. The van der Waals surface area contributed by atoms with Gasteiger partial charge in [0.25, 0.3) is 0 Å². The molecule has 0 amide bonds. The number of hydrogen-bond acceptors (Lipinski definition) is 3. The minimum Gasteiger partial charge on any atom is -0.339 e. The molecule has 0 saturated heterocycles. The van der Waals surface area contributed by atoms with Gasteiger partial charge in [-0.25, -0.2) is 9.97 Å². The lowest BCUT2D eigenvalue weighted by atomic mass is 10.3. The van der Waals surface area contributed by atoms with Crippen LogP contribution in [-0.4, -0.2) is 9.97 Å². The number of hydrogen-bond donors (Lipinski definition) is 1. The molecule has 1 heterocycles. The highest BCUT2D eigenvalue weighted by Gasteiger charge is 2.01. The molecule has 1 N–H and O–H groups in total. The Kier molecular flexibility index (Phi) is 2.78. The van der Waals surface area contributed by atoms with Crippen molar-refractivity contribution in [3.63, 3.8) is 0 Å². The average Bonchev–Trinajstić information content (AvgIpc) is 2.22. The van der Waals surface area contributed by atoms with Crippen LogP contribution < -0.4 is 5.32 Å². The predicted octanol–water partition coefficient (Wildman–Crippen LogP) is 3.01. The molecule has 0 bridgehead atoms. The minimum atomic E-state index is -0.584. The van der Waals surface area contributed by atoms with Crippen molar-refractivity contribution in [1.82, 2.24) is 9.97 Å². The van der Waals surface area contributed by atoms with Crippen molar-refractivity contribution in [2.24, 2.45) is 0 Å². The second kappa shape index (κ2) is 4.23. The van der Waals surface area contributed by atoms with E-state index in [0.717, 1.165) is 6.33 Å². The molecule has 0 atom stereocenters. The van der Waals surface area contributed by atoms with Crippen molar-refractivity contribution in [2.45, 2.75) is 0 Å². The lowest BCUT2D eigenvalue weighted by Gasteiger charge is -2.06. The summed E-state index contributed by atoms with van der Waals surface area (Å²) in [5.74, 6) is -0.213. The number of nitrogens with zero attached hydrogens (tertiary/aromatic N) is 2. The molecule has 0 fully saturated rings. The maximum atomic E-state index is 12.7. The van der Waals surface area contributed by atoms with E-state index < -0.39 is 5.95 Å². The van der Waals surface area contributed by atoms with E-state index in [1.54, 1.807) is 12.1 Å². The number of anilines is 2. The molecule has 1 aromatic carbocycles. The van der Waals surface area contributed by atoms with Crippen molar-refractivity contribution in [2.75, 3.05) is 5.32 Å². The first kappa shape index (κ1) is 9.86. The van der Waals surface area contributed by atoms with E-state index in [0.29, 0.717) is 16.5 Å². The SMILES string of the molecule is Fc1cc(Nc2ccccc2Cl)ncn1. The van der Waals surface area contributed by atoms with Gasteiger partial charge in [-0.05, 0) is 12.1 Å². The minimum absolute atomic E-state index is 0.371. The molecular weight excluding hydrogens is 217 g/mol. The summed E-state index contributed by atoms with van der Waals surface area (Å²) in [7, 11) is 0. The van der Waals surface area contributed by atoms with Gasteiger partial charge < -0.3 is 5.32 Å². The van der Waals surface area contributed by atoms with Gasteiger partial charge in [0.15, 0.2) is 0 Å². The van der Waals surface area contributed by atoms with Crippen LogP contribution in [-0.2, 0) is 0 Å². The fourth-order valence-electron chi connectivity index (χ4n) is 1.10. The van der Waals surface area contributed by atoms with Crippen LogP contribution in [0, 0.1) is 5.95 Å². The summed E-state index contributed by atoms with van der Waals surface area (Å²) in [5, 5.41) is 3.44. The molecule has 0 aliphatic carbocycles. The molecule has 0 aliphatic rings. The standard InChI is InChI=1S/C10H7ClFN3/c11-7-3-1-2-4-8(7)15-10-5-9(12)13-6-14-10/h1-6H,(H,13,14,15). The van der Waals surface area contributed by atoms with Crippen LogP contribution in [0.4, 0.5) is 15.9 Å². The van der Waals surface area contributed by atoms with Gasteiger partial charge >= 0.3 is 0 Å². The lowest BCUT2D eigenvalue weighted by molar-refractivity contribution is 0.580. The molecule has 5 heteroatoms. The molecule has 1 aromatic heterocycles. The normalized spacial score (nSPS) is 10.0. The first-order chi connectivity index (χ1) is 7.25. The third-order valence-corrected chi connectivity index (χ3v) is 2.10. The van der Waals surface area contributed by atoms with E-state index in [2.05, 4.69) is 15.3 Å². The molecule has 0 aliphatic heterocycles. The van der Waals surface area contributed by atoms with Crippen LogP contribution in [0.5, 0.6) is 0 Å². The number of rotatable bonds is 2. The third-order valence-electron chi connectivity index (χ3n) is 1.77. The maximum Gasteiger partial charge on any atom is 0.218 e. The molecule has 0 saturated carbocycles. The highest BCUT2D eigenvalue weighted by atomic mass is 35.5. The molecule has 76 valence electrons. The summed E-state index contributed by atoms with van der Waals surface area (Å²) in [5.41, 5.74) is 0.678. The van der Waals surface area contributed by atoms with Crippen molar-refractivity contribution in [3.05, 3.63) is 47.6 Å². The van der Waals surface area contributed by atoms with Gasteiger partial charge in [-0.15, -0.1) is 0 Å². The van der Waals surface area contributed by atoms with E-state index >= 15 is 0 Å². The molecule has 2 rings (SSSR count). The molecule has 2 aromatic rings. The van der Waals surface area contributed by atoms with Gasteiger partial charge in [0.05, 0.1) is 10.7 Å². The summed E-state index contributed by atoms with van der Waals surface area (Å²) < 4.78 is 12.7. The van der Waals surface area contributed by atoms with E-state index in [-0.39, 0.29) is 0 Å². The van der Waals surface area contributed by atoms with Crippen LogP contribution in [0.25, 0.3) is 0 Å². The van der Waals surface area contributed by atoms with Crippen molar-refractivity contribution in [3.8, 4) is 0 Å². The zero-order valence-electron chi connectivity index (χ0n) is 7.61. The summed E-state index contributed by atoms with van der Waals surface area (Å²) in [6.07, 6.45) is 1.15. The summed E-state index contributed by atoms with van der Waals surface area (Å²) in [6.45, 7) is 0. The molecule has 15 heavy (non-hydrogen) atoms. The molecule has 3 nitrogen and oxygen atoms in total. The van der Waals surface area contributed by atoms with Crippen LogP contribution in [0.15, 0.2) is 36.7 Å². The fraction of sp³-hybridized carbons (Fsp3) is 0. The van der Waals surface area contributed by atoms with Crippen LogP contribution in [0.2, 0.25) is 5.02 Å². The van der Waals surface area contributed by atoms with E-state index in [1.807, 2.05) is 12.1 Å². The van der Waals surface area contributed by atoms with E-state index in [4.69, 9.17) is 11.6 Å². The van der Waals surface area contributed by atoms with Crippen LogP contribution in [0.3, 0.4) is 0 Å². The topological polar surface area (TPSA) is 37.8 Å². The first-order valence-electron chi connectivity index (χ1n) is 4.25. The fourth-order valence-corrected chi connectivity index (χ4v) is 1.29.